The molecule has 0 aliphatic rings. The summed E-state index contributed by atoms with van der Waals surface area (Å²) in [7, 11) is 0. The lowest BCUT2D eigenvalue weighted by Gasteiger charge is -2.16. The van der Waals surface area contributed by atoms with Gasteiger partial charge in [0.1, 0.15) is 0 Å². The Morgan fingerprint density at radius 1 is 1.24 bits per heavy atom. The predicted octanol–water partition coefficient (Wildman–Crippen LogP) is 3.04. The molecule has 96 valence electrons. The van der Waals surface area contributed by atoms with E-state index in [0.717, 1.165) is 0 Å². The number of alkyl halides is 3. The molecule has 0 aromatic heterocycles. The largest absolute Gasteiger partial charge is 0.446 e. The van der Waals surface area contributed by atoms with Gasteiger partial charge in [0, 0.05) is 10.9 Å². The number of thioether (sulfide) groups is 1. The fraction of sp³-hybridized carbons (Fsp3) is 0.455. The lowest BCUT2D eigenvalue weighted by molar-refractivity contribution is -0.0328. The van der Waals surface area contributed by atoms with Gasteiger partial charge in [0.25, 0.3) is 0 Å². The number of hydrogen-bond donors (Lipinski definition) is 2. The molecule has 0 fully saturated rings. The van der Waals surface area contributed by atoms with Crippen LogP contribution in [0.4, 0.5) is 13.2 Å². The summed E-state index contributed by atoms with van der Waals surface area (Å²) < 4.78 is 37.0. The van der Waals surface area contributed by atoms with Gasteiger partial charge in [0.05, 0.1) is 0 Å². The van der Waals surface area contributed by atoms with Crippen LogP contribution in [0.1, 0.15) is 24.4 Å². The second kappa shape index (κ2) is 6.28. The van der Waals surface area contributed by atoms with E-state index < -0.39 is 11.6 Å². The number of benzene rings is 1. The van der Waals surface area contributed by atoms with Crippen LogP contribution >= 0.6 is 11.8 Å². The van der Waals surface area contributed by atoms with E-state index in [1.807, 2.05) is 0 Å². The minimum absolute atomic E-state index is 0.122. The molecule has 0 saturated heterocycles. The smallest absolute Gasteiger partial charge is 0.330 e. The summed E-state index contributed by atoms with van der Waals surface area (Å²) in [6.07, 6.45) is 1.29. The van der Waals surface area contributed by atoms with E-state index in [1.54, 1.807) is 18.2 Å². The SMILES string of the molecule is NCCC[C@@H](N)c1ccccc1SC(F)(F)F. The maximum Gasteiger partial charge on any atom is 0.446 e. The van der Waals surface area contributed by atoms with E-state index >= 15 is 0 Å². The Morgan fingerprint density at radius 3 is 2.47 bits per heavy atom. The molecule has 0 aliphatic carbocycles. The first-order chi connectivity index (χ1) is 7.94. The molecule has 2 nitrogen and oxygen atoms in total. The van der Waals surface area contributed by atoms with Gasteiger partial charge in [0.15, 0.2) is 0 Å². The summed E-state index contributed by atoms with van der Waals surface area (Å²) in [5.41, 5.74) is 7.46. The van der Waals surface area contributed by atoms with E-state index in [4.69, 9.17) is 11.5 Å². The molecule has 1 atom stereocenters. The fourth-order valence-corrected chi connectivity index (χ4v) is 2.23. The number of halogens is 3. The highest BCUT2D eigenvalue weighted by Crippen LogP contribution is 2.40. The zero-order valence-corrected chi connectivity index (χ0v) is 10.0. The zero-order valence-electron chi connectivity index (χ0n) is 9.20. The molecule has 0 spiro atoms. The van der Waals surface area contributed by atoms with Gasteiger partial charge in [-0.05, 0) is 42.8 Å². The van der Waals surface area contributed by atoms with Crippen LogP contribution in [0, 0.1) is 0 Å². The lowest BCUT2D eigenvalue weighted by atomic mass is 10.0. The topological polar surface area (TPSA) is 52.0 Å². The standard InChI is InChI=1S/C11H15F3N2S/c12-11(13,14)17-10-6-2-1-4-8(10)9(16)5-3-7-15/h1-2,4,6,9H,3,5,7,15-16H2/t9-/m1/s1. The molecule has 17 heavy (non-hydrogen) atoms. The lowest BCUT2D eigenvalue weighted by Crippen LogP contribution is -2.14. The predicted molar refractivity (Wildman–Crippen MR) is 63.6 cm³/mol. The van der Waals surface area contributed by atoms with Gasteiger partial charge in [0.2, 0.25) is 0 Å². The van der Waals surface area contributed by atoms with Crippen molar-refractivity contribution in [2.24, 2.45) is 11.5 Å². The summed E-state index contributed by atoms with van der Waals surface area (Å²) in [4.78, 5) is 0.171. The van der Waals surface area contributed by atoms with Crippen LogP contribution < -0.4 is 11.5 Å². The maximum atomic E-state index is 12.3. The van der Waals surface area contributed by atoms with Gasteiger partial charge in [-0.3, -0.25) is 0 Å². The van der Waals surface area contributed by atoms with Crippen molar-refractivity contribution in [2.75, 3.05) is 6.54 Å². The number of hydrogen-bond acceptors (Lipinski definition) is 3. The molecule has 0 bridgehead atoms. The van der Waals surface area contributed by atoms with Gasteiger partial charge >= 0.3 is 5.51 Å². The van der Waals surface area contributed by atoms with Crippen LogP contribution in [0.2, 0.25) is 0 Å². The van der Waals surface area contributed by atoms with E-state index in [9.17, 15) is 13.2 Å². The van der Waals surface area contributed by atoms with Crippen molar-refractivity contribution in [3.63, 3.8) is 0 Å². The summed E-state index contributed by atoms with van der Waals surface area (Å²) in [5.74, 6) is 0. The van der Waals surface area contributed by atoms with E-state index in [-0.39, 0.29) is 16.7 Å². The highest BCUT2D eigenvalue weighted by Gasteiger charge is 2.30. The average molecular weight is 264 g/mol. The first-order valence-electron chi connectivity index (χ1n) is 5.24. The molecule has 0 aliphatic heterocycles. The fourth-order valence-electron chi connectivity index (χ4n) is 1.50. The molecular weight excluding hydrogens is 249 g/mol. The molecule has 0 heterocycles. The van der Waals surface area contributed by atoms with Gasteiger partial charge < -0.3 is 11.5 Å². The Bertz CT molecular complexity index is 355. The van der Waals surface area contributed by atoms with E-state index in [1.165, 1.54) is 6.07 Å². The van der Waals surface area contributed by atoms with Crippen molar-refractivity contribution in [2.45, 2.75) is 29.3 Å². The van der Waals surface area contributed by atoms with E-state index in [0.29, 0.717) is 24.9 Å². The van der Waals surface area contributed by atoms with Crippen molar-refractivity contribution in [3.05, 3.63) is 29.8 Å². The summed E-state index contributed by atoms with van der Waals surface area (Å²) in [6, 6.07) is 5.95. The minimum atomic E-state index is -4.29. The van der Waals surface area contributed by atoms with Crippen LogP contribution in [0.3, 0.4) is 0 Å². The third-order valence-corrected chi connectivity index (χ3v) is 3.09. The van der Waals surface area contributed by atoms with Crippen molar-refractivity contribution in [1.82, 2.24) is 0 Å². The normalized spacial score (nSPS) is 13.7. The third kappa shape index (κ3) is 4.97. The van der Waals surface area contributed by atoms with E-state index in [2.05, 4.69) is 0 Å². The molecule has 0 amide bonds. The molecule has 0 radical (unpaired) electrons. The Morgan fingerprint density at radius 2 is 1.88 bits per heavy atom. The Balaban J connectivity index is 2.83. The van der Waals surface area contributed by atoms with Crippen molar-refractivity contribution in [3.8, 4) is 0 Å². The first kappa shape index (κ1) is 14.3. The Kier molecular flexibility index (Phi) is 5.30. The summed E-state index contributed by atoms with van der Waals surface area (Å²) in [6.45, 7) is 0.488. The van der Waals surface area contributed by atoms with Gasteiger partial charge in [-0.15, -0.1) is 0 Å². The van der Waals surface area contributed by atoms with Crippen LogP contribution in [0.15, 0.2) is 29.2 Å². The second-order valence-electron chi connectivity index (χ2n) is 3.62. The van der Waals surface area contributed by atoms with Crippen molar-refractivity contribution in [1.29, 1.82) is 0 Å². The molecular formula is C11H15F3N2S. The molecule has 0 unspecified atom stereocenters. The monoisotopic (exact) mass is 264 g/mol. The summed E-state index contributed by atoms with van der Waals surface area (Å²) in [5, 5.41) is 0. The van der Waals surface area contributed by atoms with Crippen LogP contribution in [-0.2, 0) is 0 Å². The molecule has 6 heteroatoms. The molecule has 0 saturated carbocycles. The quantitative estimate of drug-likeness (QED) is 0.804. The zero-order chi connectivity index (χ0) is 12.9. The van der Waals surface area contributed by atoms with Gasteiger partial charge in [-0.1, -0.05) is 18.2 Å². The third-order valence-electron chi connectivity index (χ3n) is 2.26. The van der Waals surface area contributed by atoms with Gasteiger partial charge in [-0.2, -0.15) is 13.2 Å². The number of rotatable bonds is 5. The minimum Gasteiger partial charge on any atom is -0.330 e. The molecule has 1 aromatic rings. The van der Waals surface area contributed by atoms with Crippen LogP contribution in [0.25, 0.3) is 0 Å². The van der Waals surface area contributed by atoms with Crippen molar-refractivity contribution < 1.29 is 13.2 Å². The molecule has 1 rings (SSSR count). The Labute approximate surface area is 103 Å². The summed E-state index contributed by atoms with van der Waals surface area (Å²) >= 11 is -0.122. The van der Waals surface area contributed by atoms with Crippen molar-refractivity contribution >= 4 is 11.8 Å². The molecule has 4 N–H and O–H groups in total. The highest BCUT2D eigenvalue weighted by molar-refractivity contribution is 8.00. The average Bonchev–Trinajstić information content (AvgIpc) is 2.24. The molecule has 1 aromatic carbocycles. The van der Waals surface area contributed by atoms with Crippen LogP contribution in [0.5, 0.6) is 0 Å². The number of nitrogens with two attached hydrogens (primary N) is 2. The Hall–Kier alpha value is -0.720. The highest BCUT2D eigenvalue weighted by atomic mass is 32.2. The first-order valence-corrected chi connectivity index (χ1v) is 6.06. The van der Waals surface area contributed by atoms with Crippen LogP contribution in [-0.4, -0.2) is 12.1 Å². The van der Waals surface area contributed by atoms with Gasteiger partial charge in [-0.25, -0.2) is 0 Å². The maximum absolute atomic E-state index is 12.3. The second-order valence-corrected chi connectivity index (χ2v) is 4.73.